The molecule has 0 amide bonds. The van der Waals surface area contributed by atoms with Crippen molar-refractivity contribution in [2.75, 3.05) is 19.7 Å². The van der Waals surface area contributed by atoms with Crippen molar-refractivity contribution >= 4 is 0 Å². The van der Waals surface area contributed by atoms with Gasteiger partial charge in [0, 0.05) is 26.1 Å². The van der Waals surface area contributed by atoms with Crippen LogP contribution in [0.5, 0.6) is 5.75 Å². The van der Waals surface area contributed by atoms with Gasteiger partial charge in [-0.1, -0.05) is 78.9 Å². The van der Waals surface area contributed by atoms with Gasteiger partial charge in [0.05, 0.1) is 12.7 Å². The van der Waals surface area contributed by atoms with Crippen LogP contribution in [0.15, 0.2) is 84.9 Å². The molecule has 1 fully saturated rings. The summed E-state index contributed by atoms with van der Waals surface area (Å²) in [5, 5.41) is 12.2. The first kappa shape index (κ1) is 22.5. The highest BCUT2D eigenvalue weighted by atomic mass is 16.5. The summed E-state index contributed by atoms with van der Waals surface area (Å²) >= 11 is 0. The second kappa shape index (κ2) is 10.3. The van der Waals surface area contributed by atoms with E-state index in [1.807, 2.05) is 74.5 Å². The first-order chi connectivity index (χ1) is 15.5. The van der Waals surface area contributed by atoms with Gasteiger partial charge in [0.25, 0.3) is 0 Å². The van der Waals surface area contributed by atoms with E-state index in [0.717, 1.165) is 30.0 Å². The third kappa shape index (κ3) is 5.39. The van der Waals surface area contributed by atoms with Crippen LogP contribution < -0.4 is 4.74 Å². The number of ether oxygens (including phenoxy) is 2. The summed E-state index contributed by atoms with van der Waals surface area (Å²) in [7, 11) is 0. The molecule has 0 bridgehead atoms. The molecule has 2 atom stereocenters. The highest BCUT2D eigenvalue weighted by molar-refractivity contribution is 5.37. The summed E-state index contributed by atoms with van der Waals surface area (Å²) in [6.07, 6.45) is 0.131. The van der Waals surface area contributed by atoms with Crippen molar-refractivity contribution < 1.29 is 14.6 Å². The Morgan fingerprint density at radius 1 is 0.969 bits per heavy atom. The van der Waals surface area contributed by atoms with E-state index in [1.165, 1.54) is 5.56 Å². The van der Waals surface area contributed by atoms with Crippen LogP contribution in [0.3, 0.4) is 0 Å². The van der Waals surface area contributed by atoms with Crippen LogP contribution >= 0.6 is 0 Å². The molecule has 0 aromatic heterocycles. The molecule has 1 aliphatic heterocycles. The number of nitrogens with zero attached hydrogens (tertiary/aromatic N) is 1. The van der Waals surface area contributed by atoms with E-state index in [-0.39, 0.29) is 12.2 Å². The Hall–Kier alpha value is -2.66. The van der Waals surface area contributed by atoms with Gasteiger partial charge in [-0.2, -0.15) is 0 Å². The summed E-state index contributed by atoms with van der Waals surface area (Å²) < 4.78 is 12.3. The number of para-hydroxylation sites is 1. The third-order valence-electron chi connectivity index (χ3n) is 6.00. The predicted molar refractivity (Wildman–Crippen MR) is 128 cm³/mol. The highest BCUT2D eigenvalue weighted by Crippen LogP contribution is 2.36. The lowest BCUT2D eigenvalue weighted by molar-refractivity contribution is -0.150. The minimum absolute atomic E-state index is 0.0632. The van der Waals surface area contributed by atoms with Crippen LogP contribution in [-0.4, -0.2) is 41.9 Å². The Balaban J connectivity index is 1.62. The summed E-state index contributed by atoms with van der Waals surface area (Å²) in [6, 6.07) is 28.4. The molecule has 168 valence electrons. The fourth-order valence-electron chi connectivity index (χ4n) is 4.41. The lowest BCUT2D eigenvalue weighted by Gasteiger charge is -2.42. The first-order valence-electron chi connectivity index (χ1n) is 11.4. The number of morpholine rings is 1. The van der Waals surface area contributed by atoms with E-state index in [0.29, 0.717) is 19.6 Å². The van der Waals surface area contributed by atoms with Gasteiger partial charge >= 0.3 is 0 Å². The number of benzene rings is 3. The van der Waals surface area contributed by atoms with Crippen molar-refractivity contribution in [3.05, 3.63) is 102 Å². The Morgan fingerprint density at radius 3 is 2.34 bits per heavy atom. The molecule has 1 aliphatic rings. The van der Waals surface area contributed by atoms with Gasteiger partial charge in [-0.05, 0) is 36.6 Å². The quantitative estimate of drug-likeness (QED) is 0.556. The molecule has 1 heterocycles. The number of hydrogen-bond donors (Lipinski definition) is 1. The van der Waals surface area contributed by atoms with Gasteiger partial charge in [-0.25, -0.2) is 0 Å². The lowest BCUT2D eigenvalue weighted by Crippen LogP contribution is -2.53. The average molecular weight is 432 g/mol. The highest BCUT2D eigenvalue weighted by Gasteiger charge is 2.42. The molecular weight excluding hydrogens is 398 g/mol. The maximum absolute atomic E-state index is 12.2. The van der Waals surface area contributed by atoms with Crippen molar-refractivity contribution in [2.45, 2.75) is 44.6 Å². The fourth-order valence-corrected chi connectivity index (χ4v) is 4.41. The molecule has 3 aromatic rings. The normalized spacial score (nSPS) is 18.9. The average Bonchev–Trinajstić information content (AvgIpc) is 2.81. The summed E-state index contributed by atoms with van der Waals surface area (Å²) in [5.41, 5.74) is 1.95. The molecule has 0 saturated carbocycles. The zero-order valence-electron chi connectivity index (χ0n) is 19.0. The standard InChI is InChI=1S/C28H33NO3/c1-22(2)32-26-16-10-9-13-24(26)19-28(30,25-14-7-4-8-15-25)27-21-29(17-18-31-27)20-23-11-5-3-6-12-23/h3-16,22,27,30H,17-21H2,1-2H3/t27-,28-/m1/s1. The Kier molecular flexibility index (Phi) is 7.26. The molecule has 0 spiro atoms. The first-order valence-corrected chi connectivity index (χ1v) is 11.4. The minimum atomic E-state index is -1.17. The fraction of sp³-hybridized carbons (Fsp3) is 0.357. The smallest absolute Gasteiger partial charge is 0.122 e. The van der Waals surface area contributed by atoms with Crippen LogP contribution in [0.25, 0.3) is 0 Å². The minimum Gasteiger partial charge on any atom is -0.491 e. The summed E-state index contributed by atoms with van der Waals surface area (Å²) in [4.78, 5) is 2.37. The van der Waals surface area contributed by atoms with Gasteiger partial charge in [-0.3, -0.25) is 4.90 Å². The third-order valence-corrected chi connectivity index (χ3v) is 6.00. The Bertz CT molecular complexity index is 976. The van der Waals surface area contributed by atoms with Crippen molar-refractivity contribution in [2.24, 2.45) is 0 Å². The SMILES string of the molecule is CC(C)Oc1ccccc1C[C@@](O)(c1ccccc1)[C@H]1CN(Cc2ccccc2)CCO1. The van der Waals surface area contributed by atoms with Gasteiger partial charge in [-0.15, -0.1) is 0 Å². The van der Waals surface area contributed by atoms with Crippen LogP contribution in [0.1, 0.15) is 30.5 Å². The van der Waals surface area contributed by atoms with Crippen LogP contribution in [-0.2, 0) is 23.3 Å². The molecule has 4 rings (SSSR count). The molecule has 0 unspecified atom stereocenters. The van der Waals surface area contributed by atoms with Gasteiger partial charge in [0.1, 0.15) is 17.5 Å². The number of hydrogen-bond acceptors (Lipinski definition) is 4. The van der Waals surface area contributed by atoms with E-state index >= 15 is 0 Å². The predicted octanol–water partition coefficient (Wildman–Crippen LogP) is 4.81. The lowest BCUT2D eigenvalue weighted by atomic mass is 9.81. The van der Waals surface area contributed by atoms with Crippen LogP contribution in [0.4, 0.5) is 0 Å². The van der Waals surface area contributed by atoms with Crippen molar-refractivity contribution in [1.82, 2.24) is 4.90 Å². The Morgan fingerprint density at radius 2 is 1.62 bits per heavy atom. The van der Waals surface area contributed by atoms with E-state index in [1.54, 1.807) is 0 Å². The van der Waals surface area contributed by atoms with Crippen LogP contribution in [0, 0.1) is 0 Å². The van der Waals surface area contributed by atoms with Gasteiger partial charge in [0.15, 0.2) is 0 Å². The maximum atomic E-state index is 12.2. The van der Waals surface area contributed by atoms with Crippen molar-refractivity contribution in [1.29, 1.82) is 0 Å². The topological polar surface area (TPSA) is 41.9 Å². The second-order valence-electron chi connectivity index (χ2n) is 8.82. The molecular formula is C28H33NO3. The maximum Gasteiger partial charge on any atom is 0.122 e. The van der Waals surface area contributed by atoms with E-state index < -0.39 is 5.60 Å². The zero-order chi connectivity index (χ0) is 22.4. The molecule has 0 radical (unpaired) electrons. The van der Waals surface area contributed by atoms with Crippen molar-refractivity contribution in [3.8, 4) is 5.75 Å². The number of rotatable bonds is 8. The van der Waals surface area contributed by atoms with Gasteiger partial charge in [0.2, 0.25) is 0 Å². The van der Waals surface area contributed by atoms with E-state index in [2.05, 4.69) is 29.2 Å². The van der Waals surface area contributed by atoms with Gasteiger partial charge < -0.3 is 14.6 Å². The monoisotopic (exact) mass is 431 g/mol. The summed E-state index contributed by atoms with van der Waals surface area (Å²) in [5.74, 6) is 0.814. The molecule has 4 nitrogen and oxygen atoms in total. The zero-order valence-corrected chi connectivity index (χ0v) is 19.0. The largest absolute Gasteiger partial charge is 0.491 e. The molecule has 32 heavy (non-hydrogen) atoms. The number of aliphatic hydroxyl groups is 1. The molecule has 1 saturated heterocycles. The van der Waals surface area contributed by atoms with Crippen molar-refractivity contribution in [3.63, 3.8) is 0 Å². The molecule has 3 aromatic carbocycles. The Labute approximate surface area is 191 Å². The molecule has 0 aliphatic carbocycles. The molecule has 1 N–H and O–H groups in total. The van der Waals surface area contributed by atoms with E-state index in [4.69, 9.17) is 9.47 Å². The van der Waals surface area contributed by atoms with E-state index in [9.17, 15) is 5.11 Å². The molecule has 4 heteroatoms. The second-order valence-corrected chi connectivity index (χ2v) is 8.82. The van der Waals surface area contributed by atoms with Crippen LogP contribution in [0.2, 0.25) is 0 Å². The summed E-state index contributed by atoms with van der Waals surface area (Å²) in [6.45, 7) is 6.99.